The Bertz CT molecular complexity index is 918. The molecule has 9 heteroatoms. The predicted molar refractivity (Wildman–Crippen MR) is 103 cm³/mol. The number of thioether (sulfide) groups is 1. The monoisotopic (exact) mass is 406 g/mol. The summed E-state index contributed by atoms with van der Waals surface area (Å²) in [6.07, 6.45) is 0. The summed E-state index contributed by atoms with van der Waals surface area (Å²) in [5.41, 5.74) is 1.44. The molecule has 0 unspecified atom stereocenters. The molecule has 5 nitrogen and oxygen atoms in total. The molecule has 0 fully saturated rings. The van der Waals surface area contributed by atoms with Gasteiger partial charge in [0.2, 0.25) is 11.0 Å². The van der Waals surface area contributed by atoms with Crippen molar-refractivity contribution in [3.05, 3.63) is 65.7 Å². The molecular weight excluding hydrogens is 390 g/mol. The number of nitrogens with one attached hydrogen (secondary N) is 1. The van der Waals surface area contributed by atoms with E-state index in [1.54, 1.807) is 36.2 Å². The van der Waals surface area contributed by atoms with Crippen LogP contribution < -0.4 is 5.32 Å². The van der Waals surface area contributed by atoms with Crippen molar-refractivity contribution in [2.75, 3.05) is 18.1 Å². The number of hydrogen-bond acceptors (Lipinski definition) is 6. The van der Waals surface area contributed by atoms with Gasteiger partial charge in [0.15, 0.2) is 4.34 Å². The molecule has 3 rings (SSSR count). The Morgan fingerprint density at radius 3 is 2.67 bits per heavy atom. The van der Waals surface area contributed by atoms with Crippen molar-refractivity contribution in [1.82, 2.24) is 15.1 Å². The van der Waals surface area contributed by atoms with Gasteiger partial charge in [-0.05, 0) is 42.0 Å². The topological polar surface area (TPSA) is 58.1 Å². The minimum absolute atomic E-state index is 0.0903. The highest BCUT2D eigenvalue weighted by Crippen LogP contribution is 2.28. The SMILES string of the molecule is CN(Cc1cccc(F)c1)C(=O)CSc1nnc(Nc2ccc(F)cc2)s1. The standard InChI is InChI=1S/C18H16F2N4OS2/c1-24(10-12-3-2-4-14(20)9-12)16(25)11-26-18-23-22-17(27-18)21-15-7-5-13(19)6-8-15/h2-9H,10-11H2,1H3,(H,21,22). The van der Waals surface area contributed by atoms with Crippen molar-refractivity contribution in [3.8, 4) is 0 Å². The maximum absolute atomic E-state index is 13.2. The average Bonchev–Trinajstić information content (AvgIpc) is 3.09. The third kappa shape index (κ3) is 5.73. The van der Waals surface area contributed by atoms with Crippen LogP contribution in [0, 0.1) is 11.6 Å². The fourth-order valence-electron chi connectivity index (χ4n) is 2.21. The van der Waals surface area contributed by atoms with Crippen LogP contribution in [0.15, 0.2) is 52.9 Å². The molecular formula is C18H16F2N4OS2. The zero-order valence-corrected chi connectivity index (χ0v) is 16.0. The summed E-state index contributed by atoms with van der Waals surface area (Å²) in [5.74, 6) is -0.517. The number of carbonyl (C=O) groups excluding carboxylic acids is 1. The Balaban J connectivity index is 1.50. The van der Waals surface area contributed by atoms with Crippen LogP contribution in [0.5, 0.6) is 0 Å². The van der Waals surface area contributed by atoms with E-state index in [1.807, 2.05) is 0 Å². The maximum Gasteiger partial charge on any atom is 0.233 e. The lowest BCUT2D eigenvalue weighted by Crippen LogP contribution is -2.27. The number of aromatic nitrogens is 2. The van der Waals surface area contributed by atoms with Crippen LogP contribution in [0.4, 0.5) is 19.6 Å². The molecule has 0 radical (unpaired) electrons. The number of rotatable bonds is 7. The highest BCUT2D eigenvalue weighted by atomic mass is 32.2. The van der Waals surface area contributed by atoms with E-state index in [0.717, 1.165) is 5.56 Å². The van der Waals surface area contributed by atoms with Crippen molar-refractivity contribution in [2.24, 2.45) is 0 Å². The highest BCUT2D eigenvalue weighted by molar-refractivity contribution is 8.01. The summed E-state index contributed by atoms with van der Waals surface area (Å²) in [7, 11) is 1.68. The van der Waals surface area contributed by atoms with Crippen LogP contribution in [-0.2, 0) is 11.3 Å². The molecule has 0 atom stereocenters. The van der Waals surface area contributed by atoms with Gasteiger partial charge in [-0.25, -0.2) is 8.78 Å². The zero-order valence-electron chi connectivity index (χ0n) is 14.4. The largest absolute Gasteiger partial charge is 0.341 e. The summed E-state index contributed by atoms with van der Waals surface area (Å²) in [6.45, 7) is 0.338. The molecule has 0 saturated heterocycles. The summed E-state index contributed by atoms with van der Waals surface area (Å²) < 4.78 is 26.8. The van der Waals surface area contributed by atoms with Gasteiger partial charge in [0, 0.05) is 19.3 Å². The molecule has 27 heavy (non-hydrogen) atoms. The van der Waals surface area contributed by atoms with Gasteiger partial charge in [-0.3, -0.25) is 4.79 Å². The van der Waals surface area contributed by atoms with E-state index in [1.165, 1.54) is 47.4 Å². The second-order valence-electron chi connectivity index (χ2n) is 5.67. The van der Waals surface area contributed by atoms with Gasteiger partial charge in [-0.15, -0.1) is 10.2 Å². The van der Waals surface area contributed by atoms with E-state index < -0.39 is 0 Å². The minimum atomic E-state index is -0.322. The number of nitrogens with zero attached hydrogens (tertiary/aromatic N) is 3. The minimum Gasteiger partial charge on any atom is -0.341 e. The Hall–Kier alpha value is -2.52. The first kappa shape index (κ1) is 19.2. The third-order valence-corrected chi connectivity index (χ3v) is 5.51. The second-order valence-corrected chi connectivity index (χ2v) is 7.87. The van der Waals surface area contributed by atoms with Crippen molar-refractivity contribution in [1.29, 1.82) is 0 Å². The molecule has 0 aliphatic heterocycles. The zero-order chi connectivity index (χ0) is 19.2. The first-order valence-corrected chi connectivity index (χ1v) is 9.77. The fourth-order valence-corrected chi connectivity index (χ4v) is 3.92. The van der Waals surface area contributed by atoms with Gasteiger partial charge in [0.05, 0.1) is 5.75 Å². The number of halogens is 2. The molecule has 0 aliphatic carbocycles. The quantitative estimate of drug-likeness (QED) is 0.593. The lowest BCUT2D eigenvalue weighted by molar-refractivity contribution is -0.127. The highest BCUT2D eigenvalue weighted by Gasteiger charge is 2.13. The number of benzene rings is 2. The van der Waals surface area contributed by atoms with Crippen molar-refractivity contribution >= 4 is 39.8 Å². The maximum atomic E-state index is 13.2. The van der Waals surface area contributed by atoms with Gasteiger partial charge in [-0.1, -0.05) is 35.2 Å². The molecule has 0 aliphatic rings. The first-order chi connectivity index (χ1) is 13.0. The fraction of sp³-hybridized carbons (Fsp3) is 0.167. The number of hydrogen-bond donors (Lipinski definition) is 1. The van der Waals surface area contributed by atoms with Crippen molar-refractivity contribution < 1.29 is 13.6 Å². The Morgan fingerprint density at radius 1 is 1.15 bits per heavy atom. The lowest BCUT2D eigenvalue weighted by atomic mass is 10.2. The van der Waals surface area contributed by atoms with Crippen LogP contribution >= 0.6 is 23.1 Å². The van der Waals surface area contributed by atoms with Crippen LogP contribution in [0.1, 0.15) is 5.56 Å². The summed E-state index contributed by atoms with van der Waals surface area (Å²) in [5, 5.41) is 11.6. The van der Waals surface area contributed by atoms with E-state index in [4.69, 9.17) is 0 Å². The number of carbonyl (C=O) groups is 1. The van der Waals surface area contributed by atoms with Crippen LogP contribution in [0.2, 0.25) is 0 Å². The van der Waals surface area contributed by atoms with Gasteiger partial charge in [0.1, 0.15) is 11.6 Å². The molecule has 1 amide bonds. The molecule has 1 N–H and O–H groups in total. The van der Waals surface area contributed by atoms with Gasteiger partial charge in [0.25, 0.3) is 0 Å². The summed E-state index contributed by atoms with van der Waals surface area (Å²) in [6, 6.07) is 12.1. The number of anilines is 2. The summed E-state index contributed by atoms with van der Waals surface area (Å²) in [4.78, 5) is 13.8. The third-order valence-electron chi connectivity index (χ3n) is 3.56. The van der Waals surface area contributed by atoms with Gasteiger partial charge < -0.3 is 10.2 Å². The molecule has 0 saturated carbocycles. The Kier molecular flexibility index (Phi) is 6.36. The lowest BCUT2D eigenvalue weighted by Gasteiger charge is -2.16. The molecule has 140 valence electrons. The smallest absolute Gasteiger partial charge is 0.233 e. The van der Waals surface area contributed by atoms with E-state index in [2.05, 4.69) is 15.5 Å². The van der Waals surface area contributed by atoms with E-state index in [0.29, 0.717) is 21.7 Å². The summed E-state index contributed by atoms with van der Waals surface area (Å²) >= 11 is 2.59. The molecule has 3 aromatic rings. The molecule has 0 spiro atoms. The molecule has 0 bridgehead atoms. The predicted octanol–water partition coefficient (Wildman–Crippen LogP) is 4.31. The normalized spacial score (nSPS) is 10.6. The average molecular weight is 406 g/mol. The van der Waals surface area contributed by atoms with Gasteiger partial charge >= 0.3 is 0 Å². The molecule has 1 aromatic heterocycles. The molecule has 1 heterocycles. The van der Waals surface area contributed by atoms with E-state index in [9.17, 15) is 13.6 Å². The Labute approximate surface area is 163 Å². The first-order valence-electron chi connectivity index (χ1n) is 7.97. The van der Waals surface area contributed by atoms with Crippen molar-refractivity contribution in [2.45, 2.75) is 10.9 Å². The van der Waals surface area contributed by atoms with E-state index >= 15 is 0 Å². The van der Waals surface area contributed by atoms with Crippen LogP contribution in [0.25, 0.3) is 0 Å². The van der Waals surface area contributed by atoms with Crippen LogP contribution in [0.3, 0.4) is 0 Å². The van der Waals surface area contributed by atoms with Crippen LogP contribution in [-0.4, -0.2) is 33.8 Å². The number of amides is 1. The van der Waals surface area contributed by atoms with E-state index in [-0.39, 0.29) is 23.3 Å². The second kappa shape index (κ2) is 8.92. The molecule has 2 aromatic carbocycles. The van der Waals surface area contributed by atoms with Crippen molar-refractivity contribution in [3.63, 3.8) is 0 Å². The Morgan fingerprint density at radius 2 is 1.93 bits per heavy atom. The van der Waals surface area contributed by atoms with Gasteiger partial charge in [-0.2, -0.15) is 0 Å².